The van der Waals surface area contributed by atoms with E-state index in [0.717, 1.165) is 79.8 Å². The standard InChI is InChI=1S/C44H32N2.C30H27N3.C30H20N2.C12H9N3.BHNP.Ir/c1-3-17-37(18-4-1)45(43-23-11-15-35-13-7-9-21-41(35)43)39-29-25-33(26-30-39)34-27-31-40(32-28-34)46(38-19-5-2-6-20-38)44-24-12-16-36-14-8-10-22-42(36)44;1-30(2,3)26-20-18-25(19-21-26)29-32-31-28(33(29)27-12-8-5-9-13-27)24-16-14-23(15-17-24)22-10-6-4-7-11-22;1-5-16-27-23(12-1)24-13-2-6-17-28(24)31(27)21-10-9-11-22(20-21)32-29-18-7-3-14-25(29)26-15-4-8-19-30(26)32;1-2-5-10(6-3-1)15-9-14-11-7-4-8-13-12(11)15;1-2-3;/h1-32H;4-21H,1-3H3;1-20H;1-5,7-9,14H;3H;/q;;;-2;;. The number of aromatic nitrogens is 6. The van der Waals surface area contributed by atoms with Crippen LogP contribution in [0.25, 0.3) is 127 Å². The van der Waals surface area contributed by atoms with Gasteiger partial charge in [-0.05, 0) is 180 Å². The maximum absolute atomic E-state index is 4.63. The van der Waals surface area contributed by atoms with Crippen LogP contribution in [0.3, 0.4) is 0 Å². The predicted molar refractivity (Wildman–Crippen MR) is 544 cm³/mol. The number of benzene rings is 18. The minimum atomic E-state index is 0. The zero-order chi connectivity index (χ0) is 87.4. The molecule has 0 amide bonds. The van der Waals surface area contributed by atoms with Gasteiger partial charge in [-0.25, -0.2) is 4.98 Å². The topological polar surface area (TPSA) is 87.6 Å². The van der Waals surface area contributed by atoms with Gasteiger partial charge in [0.1, 0.15) is 5.82 Å². The van der Waals surface area contributed by atoms with Gasteiger partial charge in [0.05, 0.1) is 33.4 Å². The molecule has 0 unspecified atom stereocenters. The molecule has 0 bridgehead atoms. The molecule has 5 heterocycles. The number of anilines is 9. The van der Waals surface area contributed by atoms with Crippen LogP contribution in [0, 0.1) is 12.7 Å². The Labute approximate surface area is 775 Å². The van der Waals surface area contributed by atoms with E-state index >= 15 is 0 Å². The summed E-state index contributed by atoms with van der Waals surface area (Å²) in [5.41, 5.74) is 25.4. The molecule has 1 aliphatic heterocycles. The van der Waals surface area contributed by atoms with Gasteiger partial charge in [0, 0.05) is 115 Å². The average Bonchev–Trinajstić information content (AvgIpc) is 1.61. The van der Waals surface area contributed by atoms with Gasteiger partial charge in [0.15, 0.2) is 11.6 Å². The summed E-state index contributed by atoms with van der Waals surface area (Å²) in [4.78, 5) is 11.0. The van der Waals surface area contributed by atoms with Gasteiger partial charge < -0.3 is 33.8 Å². The fourth-order valence-corrected chi connectivity index (χ4v) is 17.2. The van der Waals surface area contributed by atoms with E-state index in [2.05, 4.69) is 493 Å². The molecule has 18 aromatic carbocycles. The first-order valence-corrected chi connectivity index (χ1v) is 43.6. The van der Waals surface area contributed by atoms with Gasteiger partial charge >= 0.3 is 0 Å². The number of nitrogens with zero attached hydrogens (tertiary/aromatic N) is 10. The molecule has 0 fully saturated rings. The Balaban J connectivity index is 0.000000121. The third-order valence-electron chi connectivity index (χ3n) is 23.4. The van der Waals surface area contributed by atoms with Crippen molar-refractivity contribution in [3.63, 3.8) is 0 Å². The van der Waals surface area contributed by atoms with Gasteiger partial charge in [-0.1, -0.05) is 330 Å². The molecule has 0 saturated heterocycles. The smallest absolute Gasteiger partial charge is 0.265 e. The second kappa shape index (κ2) is 39.1. The maximum atomic E-state index is 4.63. The quantitative estimate of drug-likeness (QED) is 0.0659. The van der Waals surface area contributed by atoms with Crippen LogP contribution in [0.1, 0.15) is 26.3 Å². The normalized spacial score (nSPS) is 11.4. The van der Waals surface area contributed by atoms with Crippen LogP contribution in [-0.4, -0.2) is 36.9 Å². The second-order valence-corrected chi connectivity index (χ2v) is 32.6. The van der Waals surface area contributed by atoms with Crippen molar-refractivity contribution in [3.05, 3.63) is 486 Å². The fraction of sp³-hybridized carbons (Fsp3) is 0.0345. The molecule has 3 radical (unpaired) electrons. The van der Waals surface area contributed by atoms with Gasteiger partial charge in [-0.3, -0.25) is 4.57 Å². The molecule has 4 aromatic heterocycles. The van der Waals surface area contributed by atoms with Crippen molar-refractivity contribution in [2.24, 2.45) is 4.66 Å². The molecule has 130 heavy (non-hydrogen) atoms. The number of rotatable bonds is 14. The van der Waals surface area contributed by atoms with Crippen LogP contribution in [0.5, 0.6) is 0 Å². The molecule has 0 saturated carbocycles. The Bertz CT molecular complexity index is 7210. The van der Waals surface area contributed by atoms with Gasteiger partial charge in [0.2, 0.25) is 0 Å². The molecular formula is C116H89BIrN11P-2. The maximum Gasteiger partial charge on any atom is 0.265 e. The van der Waals surface area contributed by atoms with Crippen molar-refractivity contribution < 1.29 is 20.1 Å². The second-order valence-electron chi connectivity index (χ2n) is 32.4. The fourth-order valence-electron chi connectivity index (χ4n) is 17.2. The first-order chi connectivity index (χ1) is 63.6. The molecule has 22 aromatic rings. The van der Waals surface area contributed by atoms with Crippen LogP contribution in [0.15, 0.2) is 472 Å². The largest absolute Gasteiger partial charge is 0.513 e. The minimum Gasteiger partial charge on any atom is -0.513 e. The van der Waals surface area contributed by atoms with Gasteiger partial charge in [-0.2, -0.15) is 37.0 Å². The van der Waals surface area contributed by atoms with E-state index in [1.165, 1.54) is 104 Å². The Morgan fingerprint density at radius 2 is 0.685 bits per heavy atom. The van der Waals surface area contributed by atoms with Crippen molar-refractivity contribution in [1.82, 2.24) is 28.9 Å². The summed E-state index contributed by atoms with van der Waals surface area (Å²) in [6.07, 6.45) is 1.79. The number of hydrogen-bond donors (Lipinski definition) is 1. The summed E-state index contributed by atoms with van der Waals surface area (Å²) in [7, 11) is 6.97. The Kier molecular flexibility index (Phi) is 25.6. The summed E-state index contributed by atoms with van der Waals surface area (Å²) in [5.74, 6) is 2.58. The van der Waals surface area contributed by atoms with E-state index in [-0.39, 0.29) is 25.5 Å². The molecule has 0 atom stereocenters. The Hall–Kier alpha value is -15.6. The third kappa shape index (κ3) is 17.9. The third-order valence-corrected chi connectivity index (χ3v) is 23.4. The van der Waals surface area contributed by atoms with Crippen LogP contribution in [0.2, 0.25) is 0 Å². The van der Waals surface area contributed by atoms with E-state index in [9.17, 15) is 0 Å². The summed E-state index contributed by atoms with van der Waals surface area (Å²) in [6, 6.07) is 166. The van der Waals surface area contributed by atoms with Crippen molar-refractivity contribution >= 4 is 133 Å². The van der Waals surface area contributed by atoms with Crippen LogP contribution in [-0.2, 0) is 25.5 Å². The molecular weight excluding hydrogens is 1780 g/mol. The molecule has 627 valence electrons. The zero-order valence-electron chi connectivity index (χ0n) is 71.9. The molecule has 14 heteroatoms. The summed E-state index contributed by atoms with van der Waals surface area (Å²) in [5, 5.41) is 22.5. The number of para-hydroxylation sites is 8. The SMILES string of the molecule is CC(C)(C)c1ccc(-c2nnc(-c3ccc(-c4ccccc4)cc3)n2-c2ccccc2)cc1.[B]N=P.[Ir].[c-]1ccccc1N1[CH-]Nc2cccnc21.c1cc(-n2c3ccccc3c3ccccc32)cc(-n2c3ccccc3c3ccccc32)c1.c1ccc(N(c2ccc(-c3ccc(N(c4ccccc4)c4cccc5ccccc45)cc3)cc2)c2cccc3ccccc23)cc1. The van der Waals surface area contributed by atoms with Gasteiger partial charge in [0.25, 0.3) is 7.98 Å². The van der Waals surface area contributed by atoms with E-state index < -0.39 is 0 Å². The molecule has 1 N–H and O–H groups in total. The minimum absolute atomic E-state index is 0. The van der Waals surface area contributed by atoms with Crippen LogP contribution in [0.4, 0.5) is 51.3 Å². The van der Waals surface area contributed by atoms with E-state index in [1.54, 1.807) is 6.20 Å². The van der Waals surface area contributed by atoms with Crippen LogP contribution < -0.4 is 20.0 Å². The Morgan fingerprint density at radius 3 is 1.12 bits per heavy atom. The van der Waals surface area contributed by atoms with Crippen molar-refractivity contribution in [1.29, 1.82) is 0 Å². The number of nitrogens with one attached hydrogen (secondary N) is 1. The molecule has 23 rings (SSSR count). The monoisotopic (exact) mass is 1870 g/mol. The van der Waals surface area contributed by atoms with Crippen molar-refractivity contribution in [3.8, 4) is 62.1 Å². The predicted octanol–water partition coefficient (Wildman–Crippen LogP) is 31.0. The first-order valence-electron chi connectivity index (χ1n) is 43.2. The van der Waals surface area contributed by atoms with E-state index in [4.69, 9.17) is 0 Å². The van der Waals surface area contributed by atoms with Gasteiger partial charge in [-0.15, -0.1) is 15.9 Å². The number of pyridine rings is 1. The molecule has 11 nitrogen and oxygen atoms in total. The summed E-state index contributed by atoms with van der Waals surface area (Å²) < 4.78 is 9.70. The summed E-state index contributed by atoms with van der Waals surface area (Å²) in [6.45, 7) is 8.58. The molecule has 0 spiro atoms. The number of fused-ring (bicyclic) bond motifs is 9. The number of hydrogen-bond acceptors (Lipinski definition) is 8. The van der Waals surface area contributed by atoms with E-state index in [1.807, 2.05) is 72.2 Å². The zero-order valence-corrected chi connectivity index (χ0v) is 75.3. The molecule has 0 aliphatic carbocycles. The van der Waals surface area contributed by atoms with Crippen molar-refractivity contribution in [2.75, 3.05) is 20.0 Å². The first kappa shape index (κ1) is 85.2. The summed E-state index contributed by atoms with van der Waals surface area (Å²) >= 11 is 0. The Morgan fingerprint density at radius 1 is 0.338 bits per heavy atom. The van der Waals surface area contributed by atoms with E-state index in [0.29, 0.717) is 0 Å². The van der Waals surface area contributed by atoms with Crippen LogP contribution >= 0.6 is 9.03 Å². The molecule has 1 aliphatic rings. The average molecular weight is 1870 g/mol. The van der Waals surface area contributed by atoms with Crippen molar-refractivity contribution in [2.45, 2.75) is 26.2 Å².